The van der Waals surface area contributed by atoms with Gasteiger partial charge in [-0.25, -0.2) is 0 Å². The first-order chi connectivity index (χ1) is 9.06. The summed E-state index contributed by atoms with van der Waals surface area (Å²) in [6.45, 7) is 3.06. The third-order valence-electron chi connectivity index (χ3n) is 2.65. The van der Waals surface area contributed by atoms with Gasteiger partial charge in [-0.05, 0) is 30.7 Å². The van der Waals surface area contributed by atoms with Gasteiger partial charge in [0.05, 0.1) is 18.3 Å². The molecule has 6 heteroatoms. The fraction of sp³-hybridized carbons (Fsp3) is 0.231. The maximum atomic E-state index is 11.9. The van der Waals surface area contributed by atoms with Crippen LogP contribution >= 0.6 is 11.6 Å². The number of hydrogen-bond acceptors (Lipinski definition) is 3. The second-order valence-electron chi connectivity index (χ2n) is 4.27. The van der Waals surface area contributed by atoms with E-state index in [4.69, 9.17) is 17.3 Å². The standard InChI is InChI=1S/C13H15ClN4O/c1-9-7-17-18(8-9)5-4-16-13(19)11-6-10(14)2-3-12(11)15/h2-3,6-8H,4-5,15H2,1H3,(H,16,19). The molecule has 0 aliphatic heterocycles. The maximum Gasteiger partial charge on any atom is 0.253 e. The van der Waals surface area contributed by atoms with Crippen LogP contribution in [0.5, 0.6) is 0 Å². The number of carbonyl (C=O) groups is 1. The summed E-state index contributed by atoms with van der Waals surface area (Å²) < 4.78 is 1.77. The predicted octanol–water partition coefficient (Wildman–Crippen LogP) is 1.86. The second-order valence-corrected chi connectivity index (χ2v) is 4.70. The minimum atomic E-state index is -0.233. The topological polar surface area (TPSA) is 72.9 Å². The molecular formula is C13H15ClN4O. The molecule has 3 N–H and O–H groups in total. The smallest absolute Gasteiger partial charge is 0.253 e. The van der Waals surface area contributed by atoms with Gasteiger partial charge in [0.1, 0.15) is 0 Å². The highest BCUT2D eigenvalue weighted by Crippen LogP contribution is 2.17. The van der Waals surface area contributed by atoms with Crippen molar-refractivity contribution < 1.29 is 4.79 Å². The number of amides is 1. The minimum Gasteiger partial charge on any atom is -0.398 e. The molecule has 1 aromatic carbocycles. The Balaban J connectivity index is 1.92. The molecule has 1 aromatic heterocycles. The molecule has 0 unspecified atom stereocenters. The van der Waals surface area contributed by atoms with Gasteiger partial charge in [-0.1, -0.05) is 11.6 Å². The van der Waals surface area contributed by atoms with Crippen molar-refractivity contribution >= 4 is 23.2 Å². The van der Waals surface area contributed by atoms with Gasteiger partial charge in [-0.15, -0.1) is 0 Å². The molecular weight excluding hydrogens is 264 g/mol. The number of halogens is 1. The molecule has 0 spiro atoms. The molecule has 1 heterocycles. The molecule has 0 saturated heterocycles. The van der Waals surface area contributed by atoms with Crippen LogP contribution in [0.4, 0.5) is 5.69 Å². The number of aryl methyl sites for hydroxylation is 1. The second kappa shape index (κ2) is 5.75. The van der Waals surface area contributed by atoms with E-state index in [1.165, 1.54) is 0 Å². The maximum absolute atomic E-state index is 11.9. The Morgan fingerprint density at radius 2 is 2.32 bits per heavy atom. The Morgan fingerprint density at radius 1 is 1.53 bits per heavy atom. The summed E-state index contributed by atoms with van der Waals surface area (Å²) >= 11 is 5.84. The molecule has 2 rings (SSSR count). The number of benzene rings is 1. The minimum absolute atomic E-state index is 0.233. The van der Waals surface area contributed by atoms with E-state index in [1.807, 2.05) is 13.1 Å². The van der Waals surface area contributed by atoms with Crippen molar-refractivity contribution in [2.24, 2.45) is 0 Å². The van der Waals surface area contributed by atoms with Crippen LogP contribution < -0.4 is 11.1 Å². The molecule has 2 aromatic rings. The number of nitrogens with one attached hydrogen (secondary N) is 1. The first-order valence-electron chi connectivity index (χ1n) is 5.88. The Bertz CT molecular complexity index is 594. The van der Waals surface area contributed by atoms with Gasteiger partial charge >= 0.3 is 0 Å². The van der Waals surface area contributed by atoms with Crippen molar-refractivity contribution in [3.63, 3.8) is 0 Å². The van der Waals surface area contributed by atoms with Gasteiger partial charge in [0, 0.05) is 23.5 Å². The van der Waals surface area contributed by atoms with Crippen LogP contribution in [0.25, 0.3) is 0 Å². The third-order valence-corrected chi connectivity index (χ3v) is 2.88. The van der Waals surface area contributed by atoms with Crippen molar-refractivity contribution in [1.29, 1.82) is 0 Å². The lowest BCUT2D eigenvalue weighted by Gasteiger charge is -2.08. The van der Waals surface area contributed by atoms with E-state index in [2.05, 4.69) is 10.4 Å². The summed E-state index contributed by atoms with van der Waals surface area (Å²) in [4.78, 5) is 11.9. The Labute approximate surface area is 116 Å². The van der Waals surface area contributed by atoms with Gasteiger partial charge < -0.3 is 11.1 Å². The first kappa shape index (κ1) is 13.4. The molecule has 100 valence electrons. The van der Waals surface area contributed by atoms with E-state index in [9.17, 15) is 4.79 Å². The molecule has 0 fully saturated rings. The van der Waals surface area contributed by atoms with Crippen LogP contribution in [-0.4, -0.2) is 22.2 Å². The highest BCUT2D eigenvalue weighted by Gasteiger charge is 2.09. The Morgan fingerprint density at radius 3 is 3.00 bits per heavy atom. The fourth-order valence-electron chi connectivity index (χ4n) is 1.69. The normalized spacial score (nSPS) is 10.4. The zero-order valence-corrected chi connectivity index (χ0v) is 11.3. The lowest BCUT2D eigenvalue weighted by atomic mass is 10.1. The number of nitrogens with zero attached hydrogens (tertiary/aromatic N) is 2. The van der Waals surface area contributed by atoms with Crippen LogP contribution in [0.1, 0.15) is 15.9 Å². The number of carbonyl (C=O) groups excluding carboxylic acids is 1. The summed E-state index contributed by atoms with van der Waals surface area (Å²) in [6, 6.07) is 4.83. The summed E-state index contributed by atoms with van der Waals surface area (Å²) in [6.07, 6.45) is 3.69. The van der Waals surface area contributed by atoms with Crippen LogP contribution in [0.15, 0.2) is 30.6 Å². The van der Waals surface area contributed by atoms with Crippen molar-refractivity contribution in [2.75, 3.05) is 12.3 Å². The molecule has 19 heavy (non-hydrogen) atoms. The van der Waals surface area contributed by atoms with Gasteiger partial charge in [0.25, 0.3) is 5.91 Å². The van der Waals surface area contributed by atoms with Crippen LogP contribution in [0.3, 0.4) is 0 Å². The van der Waals surface area contributed by atoms with E-state index >= 15 is 0 Å². The van der Waals surface area contributed by atoms with Crippen LogP contribution in [0.2, 0.25) is 5.02 Å². The van der Waals surface area contributed by atoms with Crippen molar-refractivity contribution in [3.05, 3.63) is 46.7 Å². The zero-order valence-electron chi connectivity index (χ0n) is 10.6. The lowest BCUT2D eigenvalue weighted by Crippen LogP contribution is -2.28. The van der Waals surface area contributed by atoms with Crippen molar-refractivity contribution in [3.8, 4) is 0 Å². The summed E-state index contributed by atoms with van der Waals surface area (Å²) in [5, 5.41) is 7.41. The number of anilines is 1. The number of rotatable bonds is 4. The molecule has 0 aliphatic carbocycles. The van der Waals surface area contributed by atoms with Crippen LogP contribution in [0, 0.1) is 6.92 Å². The monoisotopic (exact) mass is 278 g/mol. The van der Waals surface area contributed by atoms with Gasteiger partial charge in [-0.2, -0.15) is 5.10 Å². The molecule has 0 radical (unpaired) electrons. The number of aromatic nitrogens is 2. The van der Waals surface area contributed by atoms with E-state index < -0.39 is 0 Å². The largest absolute Gasteiger partial charge is 0.398 e. The highest BCUT2D eigenvalue weighted by molar-refractivity contribution is 6.31. The van der Waals surface area contributed by atoms with Crippen LogP contribution in [-0.2, 0) is 6.54 Å². The summed E-state index contributed by atoms with van der Waals surface area (Å²) in [5.74, 6) is -0.233. The van der Waals surface area contributed by atoms with E-state index in [0.717, 1.165) is 5.56 Å². The SMILES string of the molecule is Cc1cnn(CCNC(=O)c2cc(Cl)ccc2N)c1. The summed E-state index contributed by atoms with van der Waals surface area (Å²) in [5.41, 5.74) is 7.63. The van der Waals surface area contributed by atoms with Gasteiger partial charge in [0.2, 0.25) is 0 Å². The van der Waals surface area contributed by atoms with Gasteiger partial charge in [0.15, 0.2) is 0 Å². The molecule has 0 saturated carbocycles. The van der Waals surface area contributed by atoms with Crippen molar-refractivity contribution in [2.45, 2.75) is 13.5 Å². The molecule has 1 amide bonds. The predicted molar refractivity (Wildman–Crippen MR) is 75.2 cm³/mol. The molecule has 5 nitrogen and oxygen atoms in total. The molecule has 0 bridgehead atoms. The third kappa shape index (κ3) is 3.48. The lowest BCUT2D eigenvalue weighted by molar-refractivity contribution is 0.0953. The first-order valence-corrected chi connectivity index (χ1v) is 6.26. The highest BCUT2D eigenvalue weighted by atomic mass is 35.5. The quantitative estimate of drug-likeness (QED) is 0.839. The van der Waals surface area contributed by atoms with E-state index in [1.54, 1.807) is 29.1 Å². The van der Waals surface area contributed by atoms with E-state index in [-0.39, 0.29) is 5.91 Å². The zero-order chi connectivity index (χ0) is 13.8. The average Bonchev–Trinajstić information content (AvgIpc) is 2.78. The Hall–Kier alpha value is -2.01. The number of hydrogen-bond donors (Lipinski definition) is 2. The number of nitrogens with two attached hydrogens (primary N) is 1. The van der Waals surface area contributed by atoms with Gasteiger partial charge in [-0.3, -0.25) is 9.48 Å². The Kier molecular flexibility index (Phi) is 4.06. The average molecular weight is 279 g/mol. The number of nitrogen functional groups attached to an aromatic ring is 1. The molecule has 0 aliphatic rings. The molecule has 0 atom stereocenters. The van der Waals surface area contributed by atoms with E-state index in [0.29, 0.717) is 29.4 Å². The fourth-order valence-corrected chi connectivity index (χ4v) is 1.87. The van der Waals surface area contributed by atoms with Crippen molar-refractivity contribution in [1.82, 2.24) is 15.1 Å². The summed E-state index contributed by atoms with van der Waals surface area (Å²) in [7, 11) is 0.